The van der Waals surface area contributed by atoms with Crippen molar-refractivity contribution in [2.45, 2.75) is 32.2 Å². The highest BCUT2D eigenvalue weighted by atomic mass is 17.2. The van der Waals surface area contributed by atoms with Gasteiger partial charge in [-0.15, -0.1) is 0 Å². The van der Waals surface area contributed by atoms with E-state index >= 15 is 0 Å². The highest BCUT2D eigenvalue weighted by molar-refractivity contribution is 5.84. The Morgan fingerprint density at radius 3 is 2.81 bits per heavy atom. The molecular formula is C15H18N2O4. The fraction of sp³-hybridized carbons (Fsp3) is 0.333. The van der Waals surface area contributed by atoms with Gasteiger partial charge in [-0.1, -0.05) is 25.1 Å². The van der Waals surface area contributed by atoms with Crippen molar-refractivity contribution in [3.05, 3.63) is 36.0 Å². The van der Waals surface area contributed by atoms with E-state index in [0.717, 1.165) is 16.5 Å². The molecule has 0 saturated carbocycles. The average Bonchev–Trinajstić information content (AvgIpc) is 2.88. The van der Waals surface area contributed by atoms with Crippen LogP contribution in [0.3, 0.4) is 0 Å². The van der Waals surface area contributed by atoms with E-state index in [4.69, 9.17) is 5.73 Å². The van der Waals surface area contributed by atoms with Crippen LogP contribution in [0.2, 0.25) is 0 Å². The summed E-state index contributed by atoms with van der Waals surface area (Å²) in [5.41, 5.74) is 7.67. The predicted octanol–water partition coefficient (Wildman–Crippen LogP) is 1.84. The molecule has 3 N–H and O–H groups in total. The summed E-state index contributed by atoms with van der Waals surface area (Å²) in [5.74, 6) is -1.34. The van der Waals surface area contributed by atoms with Crippen molar-refractivity contribution >= 4 is 22.8 Å². The summed E-state index contributed by atoms with van der Waals surface area (Å²) in [5, 5.41) is 1.00. The Labute approximate surface area is 122 Å². The second-order valence-corrected chi connectivity index (χ2v) is 4.78. The van der Waals surface area contributed by atoms with E-state index in [-0.39, 0.29) is 6.42 Å². The van der Waals surface area contributed by atoms with Gasteiger partial charge in [0, 0.05) is 29.9 Å². The summed E-state index contributed by atoms with van der Waals surface area (Å²) in [6, 6.07) is 6.83. The van der Waals surface area contributed by atoms with Crippen molar-refractivity contribution in [2.24, 2.45) is 5.73 Å². The first kappa shape index (κ1) is 15.1. The quantitative estimate of drug-likeness (QED) is 0.647. The van der Waals surface area contributed by atoms with Crippen molar-refractivity contribution in [1.29, 1.82) is 0 Å². The molecule has 1 heterocycles. The van der Waals surface area contributed by atoms with Gasteiger partial charge < -0.3 is 10.7 Å². The van der Waals surface area contributed by atoms with Crippen LogP contribution in [0.1, 0.15) is 25.3 Å². The molecule has 1 aromatic carbocycles. The lowest BCUT2D eigenvalue weighted by Gasteiger charge is -2.09. The fourth-order valence-corrected chi connectivity index (χ4v) is 2.02. The molecule has 0 bridgehead atoms. The van der Waals surface area contributed by atoms with Crippen LogP contribution in [0, 0.1) is 0 Å². The first-order chi connectivity index (χ1) is 10.1. The SMILES string of the molecule is CCCC(=O)OOC(=O)C(N)Cc1c[nH]c2ccccc12. The topological polar surface area (TPSA) is 94.4 Å². The van der Waals surface area contributed by atoms with Crippen LogP contribution >= 0.6 is 0 Å². The molecule has 1 aromatic heterocycles. The van der Waals surface area contributed by atoms with Crippen LogP contribution < -0.4 is 5.73 Å². The number of carbonyl (C=O) groups excluding carboxylic acids is 2. The smallest absolute Gasteiger partial charge is 0.361 e. The molecule has 0 amide bonds. The van der Waals surface area contributed by atoms with Gasteiger partial charge in [-0.25, -0.2) is 19.4 Å². The summed E-state index contributed by atoms with van der Waals surface area (Å²) in [6.45, 7) is 1.83. The molecule has 0 spiro atoms. The number of fused-ring (bicyclic) bond motifs is 1. The number of benzene rings is 1. The molecule has 0 saturated heterocycles. The second-order valence-electron chi connectivity index (χ2n) is 4.78. The molecule has 6 heteroatoms. The van der Waals surface area contributed by atoms with Gasteiger partial charge in [0.25, 0.3) is 0 Å². The third-order valence-corrected chi connectivity index (χ3v) is 3.09. The molecule has 0 radical (unpaired) electrons. The Balaban J connectivity index is 1.93. The molecule has 112 valence electrons. The number of aromatic amines is 1. The Morgan fingerprint density at radius 2 is 2.05 bits per heavy atom. The van der Waals surface area contributed by atoms with E-state index < -0.39 is 18.0 Å². The van der Waals surface area contributed by atoms with Crippen LogP contribution in [0.15, 0.2) is 30.5 Å². The number of carbonyl (C=O) groups is 2. The minimum atomic E-state index is -0.890. The van der Waals surface area contributed by atoms with E-state index in [1.54, 1.807) is 6.20 Å². The number of H-pyrrole nitrogens is 1. The monoisotopic (exact) mass is 290 g/mol. The van der Waals surface area contributed by atoms with E-state index in [2.05, 4.69) is 14.8 Å². The maximum Gasteiger partial charge on any atom is 0.372 e. The average molecular weight is 290 g/mol. The van der Waals surface area contributed by atoms with Crippen molar-refractivity contribution < 1.29 is 19.4 Å². The molecule has 21 heavy (non-hydrogen) atoms. The Kier molecular flexibility index (Phi) is 4.94. The summed E-state index contributed by atoms with van der Waals surface area (Å²) >= 11 is 0. The Hall–Kier alpha value is -2.34. The highest BCUT2D eigenvalue weighted by Gasteiger charge is 2.20. The van der Waals surface area contributed by atoms with Gasteiger partial charge in [0.2, 0.25) is 0 Å². The molecular weight excluding hydrogens is 272 g/mol. The third-order valence-electron chi connectivity index (χ3n) is 3.09. The van der Waals surface area contributed by atoms with Gasteiger partial charge in [-0.2, -0.15) is 0 Å². The number of aromatic nitrogens is 1. The van der Waals surface area contributed by atoms with Crippen molar-refractivity contribution in [1.82, 2.24) is 4.98 Å². The standard InChI is InChI=1S/C15H18N2O4/c1-2-5-14(18)20-21-15(19)12(16)8-10-9-17-13-7-4-3-6-11(10)13/h3-4,6-7,9,12,17H,2,5,8,16H2,1H3. The number of para-hydroxylation sites is 1. The molecule has 0 aliphatic heterocycles. The Bertz CT molecular complexity index is 635. The lowest BCUT2D eigenvalue weighted by atomic mass is 10.1. The summed E-state index contributed by atoms with van der Waals surface area (Å²) in [4.78, 5) is 34.8. The number of rotatable bonds is 5. The zero-order valence-corrected chi connectivity index (χ0v) is 11.8. The summed E-state index contributed by atoms with van der Waals surface area (Å²) < 4.78 is 0. The first-order valence-corrected chi connectivity index (χ1v) is 6.83. The maximum atomic E-state index is 11.7. The summed E-state index contributed by atoms with van der Waals surface area (Å²) in [6.07, 6.45) is 2.93. The van der Waals surface area contributed by atoms with Gasteiger partial charge in [0.15, 0.2) is 0 Å². The first-order valence-electron chi connectivity index (χ1n) is 6.83. The van der Waals surface area contributed by atoms with Gasteiger partial charge in [0.05, 0.1) is 0 Å². The van der Waals surface area contributed by atoms with E-state index in [1.165, 1.54) is 0 Å². The van der Waals surface area contributed by atoms with Gasteiger partial charge >= 0.3 is 11.9 Å². The van der Waals surface area contributed by atoms with Crippen LogP contribution in [0.5, 0.6) is 0 Å². The fourth-order valence-electron chi connectivity index (χ4n) is 2.02. The number of nitrogens with one attached hydrogen (secondary N) is 1. The molecule has 1 unspecified atom stereocenters. The van der Waals surface area contributed by atoms with Gasteiger partial charge in [0.1, 0.15) is 6.04 Å². The molecule has 0 fully saturated rings. The zero-order valence-electron chi connectivity index (χ0n) is 11.8. The van der Waals surface area contributed by atoms with Crippen LogP contribution in [-0.2, 0) is 25.8 Å². The molecule has 2 rings (SSSR count). The second kappa shape index (κ2) is 6.90. The van der Waals surface area contributed by atoms with Crippen LogP contribution in [0.25, 0.3) is 10.9 Å². The lowest BCUT2D eigenvalue weighted by molar-refractivity contribution is -0.260. The number of hydrogen-bond donors (Lipinski definition) is 2. The van der Waals surface area contributed by atoms with Gasteiger partial charge in [-0.3, -0.25) is 0 Å². The highest BCUT2D eigenvalue weighted by Crippen LogP contribution is 2.18. The normalized spacial score (nSPS) is 12.1. The Morgan fingerprint density at radius 1 is 1.29 bits per heavy atom. The molecule has 1 atom stereocenters. The molecule has 6 nitrogen and oxygen atoms in total. The van der Waals surface area contributed by atoms with Crippen LogP contribution in [-0.4, -0.2) is 23.0 Å². The molecule has 2 aromatic rings. The minimum Gasteiger partial charge on any atom is -0.361 e. The van der Waals surface area contributed by atoms with E-state index in [0.29, 0.717) is 12.8 Å². The van der Waals surface area contributed by atoms with Crippen molar-refractivity contribution in [3.8, 4) is 0 Å². The summed E-state index contributed by atoms with van der Waals surface area (Å²) in [7, 11) is 0. The lowest BCUT2D eigenvalue weighted by Crippen LogP contribution is -2.34. The predicted molar refractivity (Wildman–Crippen MR) is 77.1 cm³/mol. The van der Waals surface area contributed by atoms with E-state index in [1.807, 2.05) is 31.2 Å². The molecule has 0 aliphatic carbocycles. The third kappa shape index (κ3) is 3.82. The van der Waals surface area contributed by atoms with Crippen molar-refractivity contribution in [3.63, 3.8) is 0 Å². The zero-order chi connectivity index (χ0) is 15.2. The van der Waals surface area contributed by atoms with Gasteiger partial charge in [-0.05, 0) is 18.1 Å². The molecule has 0 aliphatic rings. The van der Waals surface area contributed by atoms with E-state index in [9.17, 15) is 9.59 Å². The van der Waals surface area contributed by atoms with Crippen LogP contribution in [0.4, 0.5) is 0 Å². The van der Waals surface area contributed by atoms with Crippen molar-refractivity contribution in [2.75, 3.05) is 0 Å². The largest absolute Gasteiger partial charge is 0.372 e. The number of hydrogen-bond acceptors (Lipinski definition) is 5. The maximum absolute atomic E-state index is 11.7. The minimum absolute atomic E-state index is 0.199. The number of nitrogens with two attached hydrogens (primary N) is 1.